The van der Waals surface area contributed by atoms with Crippen molar-refractivity contribution in [3.8, 4) is 0 Å². The van der Waals surface area contributed by atoms with Gasteiger partial charge in [0.15, 0.2) is 11.6 Å². The largest absolute Gasteiger partial charge is 0.339 e. The van der Waals surface area contributed by atoms with Gasteiger partial charge in [-0.1, -0.05) is 12.1 Å². The fourth-order valence-electron chi connectivity index (χ4n) is 3.17. The van der Waals surface area contributed by atoms with Crippen LogP contribution in [0.25, 0.3) is 0 Å². The highest BCUT2D eigenvalue weighted by Gasteiger charge is 2.27. The maximum atomic E-state index is 12.5. The first-order chi connectivity index (χ1) is 12.0. The molecule has 1 atom stereocenters. The molecule has 1 aliphatic heterocycles. The third kappa shape index (κ3) is 3.83. The molecule has 25 heavy (non-hydrogen) atoms. The van der Waals surface area contributed by atoms with Gasteiger partial charge in [-0.3, -0.25) is 10.00 Å². The molecule has 8 heteroatoms. The molecule has 0 spiro atoms. The number of carbonyl (C=O) groups excluding carboxylic acids is 1. The normalized spacial score (nSPS) is 16.9. The van der Waals surface area contributed by atoms with Gasteiger partial charge in [0.25, 0.3) is 0 Å². The van der Waals surface area contributed by atoms with Crippen molar-refractivity contribution >= 4 is 11.8 Å². The van der Waals surface area contributed by atoms with Gasteiger partial charge in [-0.25, -0.2) is 4.79 Å². The van der Waals surface area contributed by atoms with Gasteiger partial charge in [-0.15, -0.1) is 0 Å². The smallest absolute Gasteiger partial charge is 0.323 e. The molecule has 1 unspecified atom stereocenters. The van der Waals surface area contributed by atoms with Gasteiger partial charge in [0.2, 0.25) is 5.89 Å². The SMILES string of the molecule is CCC(C)n1nc(NC(=O)N2CCC(c3nc(C)no3)CC2)cc1C. The number of aromatic nitrogens is 4. The zero-order valence-electron chi connectivity index (χ0n) is 15.3. The van der Waals surface area contributed by atoms with Crippen molar-refractivity contribution in [3.05, 3.63) is 23.5 Å². The van der Waals surface area contributed by atoms with Crippen LogP contribution in [-0.4, -0.2) is 43.9 Å². The van der Waals surface area contributed by atoms with E-state index in [4.69, 9.17) is 4.52 Å². The van der Waals surface area contributed by atoms with Crippen LogP contribution >= 0.6 is 0 Å². The van der Waals surface area contributed by atoms with E-state index >= 15 is 0 Å². The molecule has 0 aliphatic carbocycles. The summed E-state index contributed by atoms with van der Waals surface area (Å²) in [5, 5.41) is 11.3. The van der Waals surface area contributed by atoms with E-state index < -0.39 is 0 Å². The first-order valence-corrected chi connectivity index (χ1v) is 8.90. The Morgan fingerprint density at radius 2 is 2.12 bits per heavy atom. The number of aryl methyl sites for hydroxylation is 2. The Hall–Kier alpha value is -2.38. The van der Waals surface area contributed by atoms with E-state index in [-0.39, 0.29) is 11.9 Å². The van der Waals surface area contributed by atoms with Crippen LogP contribution in [0.2, 0.25) is 0 Å². The first kappa shape index (κ1) is 17.4. The Morgan fingerprint density at radius 3 is 2.72 bits per heavy atom. The molecule has 2 aromatic heterocycles. The third-order valence-electron chi connectivity index (χ3n) is 4.84. The summed E-state index contributed by atoms with van der Waals surface area (Å²) in [5.41, 5.74) is 1.05. The Labute approximate surface area is 147 Å². The molecule has 0 radical (unpaired) electrons. The second kappa shape index (κ2) is 7.25. The summed E-state index contributed by atoms with van der Waals surface area (Å²) in [7, 11) is 0. The van der Waals surface area contributed by atoms with Gasteiger partial charge in [0, 0.05) is 36.8 Å². The van der Waals surface area contributed by atoms with Crippen LogP contribution in [0.15, 0.2) is 10.6 Å². The summed E-state index contributed by atoms with van der Waals surface area (Å²) in [5.74, 6) is 2.18. The molecule has 0 aromatic carbocycles. The highest BCUT2D eigenvalue weighted by molar-refractivity contribution is 5.88. The van der Waals surface area contributed by atoms with E-state index in [1.54, 1.807) is 0 Å². The van der Waals surface area contributed by atoms with Crippen molar-refractivity contribution in [1.82, 2.24) is 24.8 Å². The average molecular weight is 346 g/mol. The molecule has 1 N–H and O–H groups in total. The van der Waals surface area contributed by atoms with Gasteiger partial charge in [0.05, 0.1) is 0 Å². The molecular formula is C17H26N6O2. The van der Waals surface area contributed by atoms with E-state index in [9.17, 15) is 4.79 Å². The van der Waals surface area contributed by atoms with Crippen molar-refractivity contribution in [1.29, 1.82) is 0 Å². The third-order valence-corrected chi connectivity index (χ3v) is 4.84. The molecule has 1 saturated heterocycles. The van der Waals surface area contributed by atoms with Crippen LogP contribution in [0.4, 0.5) is 10.6 Å². The predicted octanol–water partition coefficient (Wildman–Crippen LogP) is 3.27. The molecule has 2 aromatic rings. The number of anilines is 1. The maximum absolute atomic E-state index is 12.5. The van der Waals surface area contributed by atoms with Crippen LogP contribution < -0.4 is 5.32 Å². The van der Waals surface area contributed by atoms with Crippen LogP contribution in [0.3, 0.4) is 0 Å². The van der Waals surface area contributed by atoms with Crippen LogP contribution in [0.5, 0.6) is 0 Å². The highest BCUT2D eigenvalue weighted by Crippen LogP contribution is 2.27. The summed E-state index contributed by atoms with van der Waals surface area (Å²) in [6.07, 6.45) is 2.66. The Morgan fingerprint density at radius 1 is 1.40 bits per heavy atom. The second-order valence-electron chi connectivity index (χ2n) is 6.74. The molecule has 3 rings (SSSR count). The van der Waals surface area contributed by atoms with Gasteiger partial charge in [0.1, 0.15) is 0 Å². The van der Waals surface area contributed by atoms with Gasteiger partial charge < -0.3 is 9.42 Å². The summed E-state index contributed by atoms with van der Waals surface area (Å²) in [6, 6.07) is 2.13. The van der Waals surface area contributed by atoms with Crippen molar-refractivity contribution in [3.63, 3.8) is 0 Å². The number of urea groups is 1. The van der Waals surface area contributed by atoms with Gasteiger partial charge in [-0.2, -0.15) is 10.1 Å². The van der Waals surface area contributed by atoms with E-state index in [0.717, 1.165) is 25.0 Å². The highest BCUT2D eigenvalue weighted by atomic mass is 16.5. The number of carbonyl (C=O) groups is 1. The number of amides is 2. The number of hydrogen-bond acceptors (Lipinski definition) is 5. The lowest BCUT2D eigenvalue weighted by Crippen LogP contribution is -2.40. The molecule has 0 bridgehead atoms. The first-order valence-electron chi connectivity index (χ1n) is 8.90. The maximum Gasteiger partial charge on any atom is 0.323 e. The van der Waals surface area contributed by atoms with Crippen molar-refractivity contribution < 1.29 is 9.32 Å². The summed E-state index contributed by atoms with van der Waals surface area (Å²) < 4.78 is 7.21. The predicted molar refractivity (Wildman–Crippen MR) is 93.6 cm³/mol. The minimum Gasteiger partial charge on any atom is -0.339 e. The van der Waals surface area contributed by atoms with Crippen LogP contribution in [0, 0.1) is 13.8 Å². The minimum absolute atomic E-state index is 0.103. The van der Waals surface area contributed by atoms with Crippen molar-refractivity contribution in [2.24, 2.45) is 0 Å². The van der Waals surface area contributed by atoms with E-state index in [2.05, 4.69) is 34.4 Å². The summed E-state index contributed by atoms with van der Waals surface area (Å²) >= 11 is 0. The molecule has 3 heterocycles. The fraction of sp³-hybridized carbons (Fsp3) is 0.647. The number of nitrogens with one attached hydrogen (secondary N) is 1. The molecule has 1 aliphatic rings. The van der Waals surface area contributed by atoms with Crippen LogP contribution in [-0.2, 0) is 0 Å². The monoisotopic (exact) mass is 346 g/mol. The quantitative estimate of drug-likeness (QED) is 0.918. The van der Waals surface area contributed by atoms with Crippen molar-refractivity contribution in [2.45, 2.75) is 58.9 Å². The van der Waals surface area contributed by atoms with Crippen molar-refractivity contribution in [2.75, 3.05) is 18.4 Å². The fourth-order valence-corrected chi connectivity index (χ4v) is 3.17. The van der Waals surface area contributed by atoms with Gasteiger partial charge in [-0.05, 0) is 40.0 Å². The average Bonchev–Trinajstić information content (AvgIpc) is 3.20. The number of nitrogens with zero attached hydrogens (tertiary/aromatic N) is 5. The Balaban J connectivity index is 1.56. The lowest BCUT2D eigenvalue weighted by Gasteiger charge is -2.30. The molecule has 136 valence electrons. The number of hydrogen-bond donors (Lipinski definition) is 1. The summed E-state index contributed by atoms with van der Waals surface area (Å²) in [6.45, 7) is 9.41. The topological polar surface area (TPSA) is 89.1 Å². The second-order valence-corrected chi connectivity index (χ2v) is 6.74. The van der Waals surface area contributed by atoms with E-state index in [1.807, 2.05) is 29.5 Å². The molecule has 2 amide bonds. The van der Waals surface area contributed by atoms with Crippen LogP contribution in [0.1, 0.15) is 62.5 Å². The lowest BCUT2D eigenvalue weighted by atomic mass is 9.97. The zero-order valence-corrected chi connectivity index (χ0v) is 15.3. The van der Waals surface area contributed by atoms with E-state index in [1.165, 1.54) is 0 Å². The summed E-state index contributed by atoms with van der Waals surface area (Å²) in [4.78, 5) is 18.6. The molecule has 1 fully saturated rings. The standard InChI is InChI=1S/C17H26N6O2/c1-5-11(2)23-12(3)10-15(20-23)19-17(24)22-8-6-14(7-9-22)16-18-13(4)21-25-16/h10-11,14H,5-9H2,1-4H3,(H,19,20,24). The Kier molecular flexibility index (Phi) is 5.06. The van der Waals surface area contributed by atoms with E-state index in [0.29, 0.717) is 36.7 Å². The Bertz CT molecular complexity index is 729. The van der Waals surface area contributed by atoms with Gasteiger partial charge >= 0.3 is 6.03 Å². The molecular weight excluding hydrogens is 320 g/mol. The zero-order chi connectivity index (χ0) is 18.0. The molecule has 8 nitrogen and oxygen atoms in total. The number of piperidine rings is 1. The number of likely N-dealkylation sites (tertiary alicyclic amines) is 1. The molecule has 0 saturated carbocycles. The minimum atomic E-state index is -0.103. The lowest BCUT2D eigenvalue weighted by molar-refractivity contribution is 0.187. The number of rotatable bonds is 4.